The molecule has 0 spiro atoms. The van der Waals surface area contributed by atoms with Crippen LogP contribution in [0.3, 0.4) is 0 Å². The lowest BCUT2D eigenvalue weighted by atomic mass is 10.1. The van der Waals surface area contributed by atoms with Gasteiger partial charge in [-0.25, -0.2) is 0 Å². The second-order valence-electron chi connectivity index (χ2n) is 5.92. The number of piperazine rings is 1. The van der Waals surface area contributed by atoms with E-state index < -0.39 is 0 Å². The monoisotopic (exact) mass is 290 g/mol. The molecule has 2 rings (SSSR count). The maximum Gasteiger partial charge on any atom is 0.237 e. The predicted molar refractivity (Wildman–Crippen MR) is 87.4 cm³/mol. The first-order valence-corrected chi connectivity index (χ1v) is 7.63. The molecule has 0 radical (unpaired) electrons. The lowest BCUT2D eigenvalue weighted by molar-refractivity contribution is -0.126. The topological polar surface area (TPSA) is 61.6 Å². The molecule has 1 unspecified atom stereocenters. The summed E-state index contributed by atoms with van der Waals surface area (Å²) < 4.78 is 0. The lowest BCUT2D eigenvalue weighted by Crippen LogP contribution is -2.54. The van der Waals surface area contributed by atoms with Crippen LogP contribution in [-0.4, -0.2) is 49.1 Å². The number of anilines is 2. The largest absolute Gasteiger partial charge is 0.397 e. The summed E-state index contributed by atoms with van der Waals surface area (Å²) in [6.07, 6.45) is 0. The highest BCUT2D eigenvalue weighted by Crippen LogP contribution is 2.23. The summed E-state index contributed by atoms with van der Waals surface area (Å²) in [5.41, 5.74) is 7.94. The average molecular weight is 290 g/mol. The summed E-state index contributed by atoms with van der Waals surface area (Å²) in [6, 6.07) is 8.05. The number of hydrogen-bond donors (Lipinski definition) is 2. The van der Waals surface area contributed by atoms with Crippen molar-refractivity contribution in [2.75, 3.05) is 36.8 Å². The minimum atomic E-state index is -0.0809. The van der Waals surface area contributed by atoms with Gasteiger partial charge in [-0.05, 0) is 32.9 Å². The molecule has 3 N–H and O–H groups in total. The molecule has 0 saturated carbocycles. The van der Waals surface area contributed by atoms with Crippen LogP contribution in [0.15, 0.2) is 24.3 Å². The third-order valence-corrected chi connectivity index (χ3v) is 3.95. The fourth-order valence-corrected chi connectivity index (χ4v) is 2.70. The van der Waals surface area contributed by atoms with Gasteiger partial charge in [0.05, 0.1) is 17.4 Å². The van der Waals surface area contributed by atoms with Crippen LogP contribution in [0.4, 0.5) is 11.4 Å². The first-order valence-electron chi connectivity index (χ1n) is 7.63. The van der Waals surface area contributed by atoms with Crippen LogP contribution in [0.25, 0.3) is 0 Å². The van der Waals surface area contributed by atoms with Gasteiger partial charge in [0.2, 0.25) is 5.91 Å². The van der Waals surface area contributed by atoms with Gasteiger partial charge < -0.3 is 16.0 Å². The van der Waals surface area contributed by atoms with E-state index in [2.05, 4.69) is 21.2 Å². The van der Waals surface area contributed by atoms with E-state index in [0.717, 1.165) is 37.6 Å². The maximum atomic E-state index is 12.1. The smallest absolute Gasteiger partial charge is 0.237 e. The van der Waals surface area contributed by atoms with Gasteiger partial charge in [-0.3, -0.25) is 9.69 Å². The molecule has 0 bridgehead atoms. The Labute approximate surface area is 127 Å². The Morgan fingerprint density at radius 2 is 1.76 bits per heavy atom. The number of nitrogens with one attached hydrogen (secondary N) is 1. The normalized spacial score (nSPS) is 17.8. The van der Waals surface area contributed by atoms with E-state index in [0.29, 0.717) is 0 Å². The van der Waals surface area contributed by atoms with Crippen LogP contribution in [0.5, 0.6) is 0 Å². The summed E-state index contributed by atoms with van der Waals surface area (Å²) in [5, 5.41) is 2.98. The molecule has 1 aromatic rings. The van der Waals surface area contributed by atoms with Gasteiger partial charge in [0.15, 0.2) is 0 Å². The highest BCUT2D eigenvalue weighted by Gasteiger charge is 2.26. The molecule has 1 aromatic carbocycles. The molecule has 1 saturated heterocycles. The lowest BCUT2D eigenvalue weighted by Gasteiger charge is -2.39. The molecular formula is C16H26N4O. The van der Waals surface area contributed by atoms with Crippen LogP contribution in [0, 0.1) is 0 Å². The van der Waals surface area contributed by atoms with Crippen molar-refractivity contribution in [3.8, 4) is 0 Å². The third-order valence-electron chi connectivity index (χ3n) is 3.95. The van der Waals surface area contributed by atoms with E-state index in [1.807, 2.05) is 39.0 Å². The molecule has 1 aliphatic rings. The molecule has 1 fully saturated rings. The van der Waals surface area contributed by atoms with Crippen LogP contribution >= 0.6 is 0 Å². The molecule has 1 amide bonds. The molecule has 5 nitrogen and oxygen atoms in total. The molecule has 21 heavy (non-hydrogen) atoms. The number of nitrogen functional groups attached to an aromatic ring is 1. The van der Waals surface area contributed by atoms with Gasteiger partial charge >= 0.3 is 0 Å². The van der Waals surface area contributed by atoms with Crippen molar-refractivity contribution < 1.29 is 4.79 Å². The Morgan fingerprint density at radius 1 is 1.14 bits per heavy atom. The quantitative estimate of drug-likeness (QED) is 0.821. The highest BCUT2D eigenvalue weighted by atomic mass is 16.2. The van der Waals surface area contributed by atoms with Crippen LogP contribution in [-0.2, 0) is 4.79 Å². The molecule has 5 heteroatoms. The van der Waals surface area contributed by atoms with E-state index in [1.165, 1.54) is 0 Å². The van der Waals surface area contributed by atoms with E-state index in [1.54, 1.807) is 0 Å². The van der Waals surface area contributed by atoms with E-state index in [9.17, 15) is 4.79 Å². The Balaban J connectivity index is 1.91. The third kappa shape index (κ3) is 3.88. The second kappa shape index (κ2) is 6.80. The summed E-state index contributed by atoms with van der Waals surface area (Å²) in [6.45, 7) is 9.49. The minimum absolute atomic E-state index is 0.0809. The zero-order valence-electron chi connectivity index (χ0n) is 13.2. The number of carbonyl (C=O) groups is 1. The fourth-order valence-electron chi connectivity index (χ4n) is 2.70. The second-order valence-corrected chi connectivity index (χ2v) is 5.92. The molecule has 1 atom stereocenters. The Bertz CT molecular complexity index is 481. The van der Waals surface area contributed by atoms with Gasteiger partial charge in [0.25, 0.3) is 0 Å². The number of carbonyl (C=O) groups excluding carboxylic acids is 1. The molecule has 1 heterocycles. The Kier molecular flexibility index (Phi) is 5.07. The number of nitrogens with zero attached hydrogens (tertiary/aromatic N) is 2. The van der Waals surface area contributed by atoms with Crippen molar-refractivity contribution in [2.45, 2.75) is 32.9 Å². The zero-order valence-corrected chi connectivity index (χ0v) is 13.2. The predicted octanol–water partition coefficient (Wildman–Crippen LogP) is 1.30. The van der Waals surface area contributed by atoms with Crippen LogP contribution < -0.4 is 16.0 Å². The van der Waals surface area contributed by atoms with E-state index in [-0.39, 0.29) is 18.0 Å². The molecule has 0 aromatic heterocycles. The number of hydrogen-bond acceptors (Lipinski definition) is 4. The average Bonchev–Trinajstić information content (AvgIpc) is 2.46. The fraction of sp³-hybridized carbons (Fsp3) is 0.562. The Hall–Kier alpha value is -1.75. The van der Waals surface area contributed by atoms with Crippen molar-refractivity contribution in [1.29, 1.82) is 0 Å². The number of amides is 1. The first kappa shape index (κ1) is 15.6. The van der Waals surface area contributed by atoms with Crippen molar-refractivity contribution in [3.05, 3.63) is 24.3 Å². The summed E-state index contributed by atoms with van der Waals surface area (Å²) in [4.78, 5) is 16.6. The van der Waals surface area contributed by atoms with Crippen molar-refractivity contribution in [2.24, 2.45) is 0 Å². The van der Waals surface area contributed by atoms with E-state index >= 15 is 0 Å². The van der Waals surface area contributed by atoms with Crippen LogP contribution in [0.1, 0.15) is 20.8 Å². The van der Waals surface area contributed by atoms with Gasteiger partial charge in [-0.2, -0.15) is 0 Å². The maximum absolute atomic E-state index is 12.1. The van der Waals surface area contributed by atoms with Crippen molar-refractivity contribution >= 4 is 17.3 Å². The van der Waals surface area contributed by atoms with Crippen molar-refractivity contribution in [3.63, 3.8) is 0 Å². The van der Waals surface area contributed by atoms with Gasteiger partial charge in [-0.1, -0.05) is 12.1 Å². The molecule has 116 valence electrons. The van der Waals surface area contributed by atoms with Crippen LogP contribution in [0.2, 0.25) is 0 Å². The summed E-state index contributed by atoms with van der Waals surface area (Å²) in [7, 11) is 0. The molecule has 1 aliphatic heterocycles. The summed E-state index contributed by atoms with van der Waals surface area (Å²) >= 11 is 0. The molecular weight excluding hydrogens is 264 g/mol. The zero-order chi connectivity index (χ0) is 15.4. The van der Waals surface area contributed by atoms with E-state index in [4.69, 9.17) is 5.73 Å². The van der Waals surface area contributed by atoms with Gasteiger partial charge in [0.1, 0.15) is 0 Å². The van der Waals surface area contributed by atoms with Gasteiger partial charge in [0, 0.05) is 32.2 Å². The standard InChI is InChI=1S/C16H26N4O/c1-12(2)18-16(21)13(3)19-8-10-20(11-9-19)15-7-5-4-6-14(15)17/h4-7,12-13H,8-11,17H2,1-3H3,(H,18,21). The van der Waals surface area contributed by atoms with Crippen molar-refractivity contribution in [1.82, 2.24) is 10.2 Å². The SMILES string of the molecule is CC(C)NC(=O)C(C)N1CCN(c2ccccc2N)CC1. The first-order chi connectivity index (χ1) is 9.99. The molecule has 0 aliphatic carbocycles. The highest BCUT2D eigenvalue weighted by molar-refractivity contribution is 5.81. The minimum Gasteiger partial charge on any atom is -0.397 e. The Morgan fingerprint density at radius 3 is 2.33 bits per heavy atom. The number of para-hydroxylation sites is 2. The number of benzene rings is 1. The number of nitrogens with two attached hydrogens (primary N) is 1. The van der Waals surface area contributed by atoms with Gasteiger partial charge in [-0.15, -0.1) is 0 Å². The summed E-state index contributed by atoms with van der Waals surface area (Å²) in [5.74, 6) is 0.109. The number of rotatable bonds is 4.